The van der Waals surface area contributed by atoms with Crippen LogP contribution in [0.1, 0.15) is 55.3 Å². The van der Waals surface area contributed by atoms with Gasteiger partial charge in [-0.05, 0) is 43.2 Å². The van der Waals surface area contributed by atoms with E-state index in [1.54, 1.807) is 0 Å². The highest BCUT2D eigenvalue weighted by Crippen LogP contribution is 2.41. The summed E-state index contributed by atoms with van der Waals surface area (Å²) in [5.41, 5.74) is 0.371. The minimum absolute atomic E-state index is 0.00189. The molecule has 2 fully saturated rings. The minimum atomic E-state index is -0.473. The van der Waals surface area contributed by atoms with Gasteiger partial charge >= 0.3 is 5.97 Å². The summed E-state index contributed by atoms with van der Waals surface area (Å²) >= 11 is 0. The molecule has 0 bridgehead atoms. The Hall–Kier alpha value is -1.91. The molecule has 118 valence electrons. The Morgan fingerprint density at radius 3 is 2.41 bits per heavy atom. The van der Waals surface area contributed by atoms with E-state index in [2.05, 4.69) is 0 Å². The van der Waals surface area contributed by atoms with Crippen molar-refractivity contribution < 1.29 is 14.5 Å². The van der Waals surface area contributed by atoms with E-state index in [4.69, 9.17) is 4.74 Å². The van der Waals surface area contributed by atoms with E-state index in [1.165, 1.54) is 49.9 Å². The van der Waals surface area contributed by atoms with Crippen LogP contribution in [-0.4, -0.2) is 17.0 Å². The highest BCUT2D eigenvalue weighted by atomic mass is 16.6. The number of ether oxygens (including phenoxy) is 1. The fourth-order valence-electron chi connectivity index (χ4n) is 3.88. The van der Waals surface area contributed by atoms with Crippen molar-refractivity contribution in [3.8, 4) is 0 Å². The van der Waals surface area contributed by atoms with Gasteiger partial charge in [0.1, 0.15) is 6.10 Å². The number of hydrogen-bond donors (Lipinski definition) is 0. The number of hydrogen-bond acceptors (Lipinski definition) is 4. The number of nitrogens with zero attached hydrogens (tertiary/aromatic N) is 1. The van der Waals surface area contributed by atoms with Crippen LogP contribution < -0.4 is 0 Å². The van der Waals surface area contributed by atoms with Crippen molar-refractivity contribution in [2.75, 3.05) is 0 Å². The number of carbonyl (C=O) groups excluding carboxylic acids is 1. The third-order valence-corrected chi connectivity index (χ3v) is 5.08. The van der Waals surface area contributed by atoms with Crippen LogP contribution in [0.5, 0.6) is 0 Å². The smallest absolute Gasteiger partial charge is 0.338 e. The molecule has 2 saturated carbocycles. The van der Waals surface area contributed by atoms with Gasteiger partial charge in [0.05, 0.1) is 10.5 Å². The van der Waals surface area contributed by atoms with Crippen molar-refractivity contribution in [1.29, 1.82) is 0 Å². The van der Waals surface area contributed by atoms with Crippen molar-refractivity contribution in [3.05, 3.63) is 39.9 Å². The summed E-state index contributed by atoms with van der Waals surface area (Å²) in [5.74, 6) is 1.16. The lowest BCUT2D eigenvalue weighted by Crippen LogP contribution is -2.33. The fraction of sp³-hybridized carbons (Fsp3) is 0.588. The Morgan fingerprint density at radius 1 is 1.05 bits per heavy atom. The van der Waals surface area contributed by atoms with Crippen molar-refractivity contribution in [1.82, 2.24) is 0 Å². The summed E-state index contributed by atoms with van der Waals surface area (Å²) in [4.78, 5) is 22.3. The van der Waals surface area contributed by atoms with Gasteiger partial charge in [-0.15, -0.1) is 0 Å². The number of benzene rings is 1. The summed E-state index contributed by atoms with van der Waals surface area (Å²) < 4.78 is 5.62. The normalized spacial score (nSPS) is 27.7. The average Bonchev–Trinajstić information content (AvgIpc) is 2.55. The van der Waals surface area contributed by atoms with Gasteiger partial charge in [-0.3, -0.25) is 10.1 Å². The van der Waals surface area contributed by atoms with Crippen LogP contribution in [-0.2, 0) is 4.74 Å². The number of carbonyl (C=O) groups is 1. The second-order valence-corrected chi connectivity index (χ2v) is 6.45. The number of esters is 1. The van der Waals surface area contributed by atoms with E-state index in [0.29, 0.717) is 11.5 Å². The molecule has 0 aliphatic heterocycles. The van der Waals surface area contributed by atoms with Gasteiger partial charge in [0.15, 0.2) is 0 Å². The zero-order valence-electron chi connectivity index (χ0n) is 12.6. The molecule has 22 heavy (non-hydrogen) atoms. The molecule has 3 atom stereocenters. The lowest BCUT2D eigenvalue weighted by Gasteiger charge is -2.38. The molecule has 1 aromatic carbocycles. The predicted octanol–water partition coefficient (Wildman–Crippen LogP) is 4.11. The molecule has 1 aromatic rings. The summed E-state index contributed by atoms with van der Waals surface area (Å²) in [6.07, 6.45) is 8.30. The van der Waals surface area contributed by atoms with Crippen molar-refractivity contribution in [2.24, 2.45) is 11.8 Å². The minimum Gasteiger partial charge on any atom is -0.459 e. The third-order valence-electron chi connectivity index (χ3n) is 5.08. The van der Waals surface area contributed by atoms with E-state index in [-0.39, 0.29) is 17.8 Å². The van der Waals surface area contributed by atoms with E-state index in [1.807, 2.05) is 0 Å². The first kappa shape index (κ1) is 15.0. The molecular weight excluding hydrogens is 282 g/mol. The molecule has 2 aliphatic carbocycles. The van der Waals surface area contributed by atoms with Crippen LogP contribution in [0.4, 0.5) is 5.69 Å². The first-order valence-corrected chi connectivity index (χ1v) is 8.09. The van der Waals surface area contributed by atoms with Crippen LogP contribution in [0.15, 0.2) is 24.3 Å². The summed E-state index contributed by atoms with van der Waals surface area (Å²) in [6.45, 7) is 0. The molecule has 0 aromatic heterocycles. The molecule has 0 heterocycles. The summed E-state index contributed by atoms with van der Waals surface area (Å²) in [6, 6.07) is 5.61. The number of fused-ring (bicyclic) bond motifs is 1. The Balaban J connectivity index is 1.58. The molecule has 0 spiro atoms. The average molecular weight is 303 g/mol. The van der Waals surface area contributed by atoms with Crippen LogP contribution in [0.25, 0.3) is 0 Å². The molecule has 0 amide bonds. The highest BCUT2D eigenvalue weighted by Gasteiger charge is 2.33. The highest BCUT2D eigenvalue weighted by molar-refractivity contribution is 5.89. The molecule has 0 saturated heterocycles. The van der Waals surface area contributed by atoms with Crippen molar-refractivity contribution in [3.63, 3.8) is 0 Å². The van der Waals surface area contributed by atoms with E-state index >= 15 is 0 Å². The van der Waals surface area contributed by atoms with Gasteiger partial charge < -0.3 is 4.74 Å². The maximum Gasteiger partial charge on any atom is 0.338 e. The summed E-state index contributed by atoms with van der Waals surface area (Å²) in [5, 5.41) is 10.6. The number of non-ortho nitro benzene ring substituents is 1. The summed E-state index contributed by atoms with van der Waals surface area (Å²) in [7, 11) is 0. The number of nitro benzene ring substituents is 1. The second kappa shape index (κ2) is 6.46. The Bertz CT molecular complexity index is 554. The molecule has 0 radical (unpaired) electrons. The Morgan fingerprint density at radius 2 is 1.73 bits per heavy atom. The Labute approximate surface area is 129 Å². The van der Waals surface area contributed by atoms with Crippen LogP contribution >= 0.6 is 0 Å². The maximum atomic E-state index is 12.2. The number of nitro groups is 1. The lowest BCUT2D eigenvalue weighted by molar-refractivity contribution is -0.384. The van der Waals surface area contributed by atoms with Crippen LogP contribution in [0.3, 0.4) is 0 Å². The third kappa shape index (κ3) is 3.29. The molecule has 5 heteroatoms. The molecule has 2 aliphatic rings. The van der Waals surface area contributed by atoms with E-state index < -0.39 is 4.92 Å². The monoisotopic (exact) mass is 303 g/mol. The van der Waals surface area contributed by atoms with Gasteiger partial charge in [0.25, 0.3) is 5.69 Å². The first-order valence-electron chi connectivity index (χ1n) is 8.09. The zero-order chi connectivity index (χ0) is 15.5. The second-order valence-electron chi connectivity index (χ2n) is 6.45. The predicted molar refractivity (Wildman–Crippen MR) is 81.6 cm³/mol. The zero-order valence-corrected chi connectivity index (χ0v) is 12.6. The molecule has 5 nitrogen and oxygen atoms in total. The standard InChI is InChI=1S/C17H21NO4/c19-17(13-5-8-15(9-6-13)18(20)21)22-16-10-7-12-3-1-2-4-14(12)11-16/h5-6,8-9,12,14,16H,1-4,7,10-11H2. The molecule has 0 N–H and O–H groups in total. The molecular formula is C17H21NO4. The van der Waals surface area contributed by atoms with Gasteiger partial charge in [0, 0.05) is 12.1 Å². The quantitative estimate of drug-likeness (QED) is 0.478. The van der Waals surface area contributed by atoms with Crippen molar-refractivity contribution in [2.45, 2.75) is 51.0 Å². The maximum absolute atomic E-state index is 12.2. The first-order chi connectivity index (χ1) is 10.6. The fourth-order valence-corrected chi connectivity index (χ4v) is 3.88. The van der Waals surface area contributed by atoms with Gasteiger partial charge in [-0.25, -0.2) is 4.79 Å². The largest absolute Gasteiger partial charge is 0.459 e. The van der Waals surface area contributed by atoms with Crippen LogP contribution in [0, 0.1) is 22.0 Å². The van der Waals surface area contributed by atoms with Gasteiger partial charge in [-0.2, -0.15) is 0 Å². The van der Waals surface area contributed by atoms with Crippen LogP contribution in [0.2, 0.25) is 0 Å². The molecule has 3 unspecified atom stereocenters. The van der Waals surface area contributed by atoms with E-state index in [0.717, 1.165) is 25.2 Å². The SMILES string of the molecule is O=C(OC1CCC2CCCCC2C1)c1ccc([N+](=O)[O-])cc1. The lowest BCUT2D eigenvalue weighted by atomic mass is 9.70. The van der Waals surface area contributed by atoms with Crippen molar-refractivity contribution >= 4 is 11.7 Å². The number of rotatable bonds is 3. The molecule has 3 rings (SSSR count). The van der Waals surface area contributed by atoms with E-state index in [9.17, 15) is 14.9 Å². The Kier molecular flexibility index (Phi) is 4.41. The van der Waals surface area contributed by atoms with Gasteiger partial charge in [-0.1, -0.05) is 25.7 Å². The topological polar surface area (TPSA) is 69.4 Å². The van der Waals surface area contributed by atoms with Gasteiger partial charge in [0.2, 0.25) is 0 Å².